The van der Waals surface area contributed by atoms with Gasteiger partial charge in [0.2, 0.25) is 5.91 Å². The van der Waals surface area contributed by atoms with Crippen LogP contribution in [-0.4, -0.2) is 46.4 Å². The van der Waals surface area contributed by atoms with E-state index in [-0.39, 0.29) is 11.9 Å². The molecule has 1 aliphatic heterocycles. The van der Waals surface area contributed by atoms with Gasteiger partial charge in [-0.25, -0.2) is 0 Å². The molecule has 1 N–H and O–H groups in total. The monoisotopic (exact) mass is 423 g/mol. The molecule has 1 atom stereocenters. The zero-order valence-corrected chi connectivity index (χ0v) is 18.3. The SMILES string of the molecule is O=C1[C@@H](Cc2c[nH]c3ccccc23)N(Cc2ccccc2)CCN1CCc1ccccc1. The molecule has 0 bridgehead atoms. The van der Waals surface area contributed by atoms with E-state index in [4.69, 9.17) is 0 Å². The summed E-state index contributed by atoms with van der Waals surface area (Å²) in [5, 5.41) is 1.21. The van der Waals surface area contributed by atoms with Crippen LogP contribution in [0.25, 0.3) is 10.9 Å². The van der Waals surface area contributed by atoms with Crippen molar-refractivity contribution in [1.82, 2.24) is 14.8 Å². The van der Waals surface area contributed by atoms with Crippen LogP contribution in [0.4, 0.5) is 0 Å². The first-order valence-electron chi connectivity index (χ1n) is 11.4. The lowest BCUT2D eigenvalue weighted by Gasteiger charge is -2.41. The average molecular weight is 424 g/mol. The maximum absolute atomic E-state index is 13.7. The van der Waals surface area contributed by atoms with Crippen LogP contribution in [0.3, 0.4) is 0 Å². The van der Waals surface area contributed by atoms with Crippen molar-refractivity contribution in [3.8, 4) is 0 Å². The topological polar surface area (TPSA) is 39.3 Å². The van der Waals surface area contributed by atoms with Crippen LogP contribution in [0.1, 0.15) is 16.7 Å². The minimum atomic E-state index is -0.154. The minimum Gasteiger partial charge on any atom is -0.361 e. The number of hydrogen-bond acceptors (Lipinski definition) is 2. The Hall–Kier alpha value is -3.37. The van der Waals surface area contributed by atoms with Crippen LogP contribution in [-0.2, 0) is 24.2 Å². The van der Waals surface area contributed by atoms with Gasteiger partial charge in [0.15, 0.2) is 0 Å². The Kier molecular flexibility index (Phi) is 6.04. The van der Waals surface area contributed by atoms with E-state index in [1.165, 1.54) is 22.1 Å². The first kappa shape index (κ1) is 20.5. The number of carbonyl (C=O) groups is 1. The van der Waals surface area contributed by atoms with E-state index >= 15 is 0 Å². The van der Waals surface area contributed by atoms with Crippen molar-refractivity contribution < 1.29 is 4.79 Å². The first-order valence-corrected chi connectivity index (χ1v) is 11.4. The number of carbonyl (C=O) groups excluding carboxylic acids is 1. The molecule has 162 valence electrons. The van der Waals surface area contributed by atoms with Gasteiger partial charge < -0.3 is 9.88 Å². The van der Waals surface area contributed by atoms with Gasteiger partial charge in [0.1, 0.15) is 0 Å². The van der Waals surface area contributed by atoms with Gasteiger partial charge >= 0.3 is 0 Å². The Bertz CT molecular complexity index is 1170. The predicted molar refractivity (Wildman–Crippen MR) is 129 cm³/mol. The number of aromatic nitrogens is 1. The van der Waals surface area contributed by atoms with E-state index in [2.05, 4.69) is 87.7 Å². The van der Waals surface area contributed by atoms with Crippen molar-refractivity contribution in [3.05, 3.63) is 108 Å². The number of piperazine rings is 1. The maximum atomic E-state index is 13.7. The van der Waals surface area contributed by atoms with Crippen molar-refractivity contribution in [1.29, 1.82) is 0 Å². The van der Waals surface area contributed by atoms with Gasteiger partial charge in [-0.05, 0) is 35.6 Å². The molecule has 1 amide bonds. The summed E-state index contributed by atoms with van der Waals surface area (Å²) in [5.41, 5.74) is 4.87. The fourth-order valence-electron chi connectivity index (χ4n) is 4.75. The Balaban J connectivity index is 1.37. The summed E-state index contributed by atoms with van der Waals surface area (Å²) in [6, 6.07) is 29.1. The quantitative estimate of drug-likeness (QED) is 0.469. The zero-order chi connectivity index (χ0) is 21.8. The van der Waals surface area contributed by atoms with Crippen LogP contribution in [0.15, 0.2) is 91.1 Å². The second kappa shape index (κ2) is 9.41. The fourth-order valence-corrected chi connectivity index (χ4v) is 4.75. The molecule has 3 aromatic carbocycles. The maximum Gasteiger partial charge on any atom is 0.240 e. The molecule has 4 aromatic rings. The molecule has 0 unspecified atom stereocenters. The summed E-state index contributed by atoms with van der Waals surface area (Å²) in [5.74, 6) is 0.244. The average Bonchev–Trinajstić information content (AvgIpc) is 3.25. The standard InChI is InChI=1S/C28H29N3O/c32-28-27(19-24-20-29-26-14-8-7-13-25(24)26)31(21-23-11-5-2-6-12-23)18-17-30(28)16-15-22-9-3-1-4-10-22/h1-14,20,27,29H,15-19,21H2/t27-/m1/s1. The van der Waals surface area contributed by atoms with Gasteiger partial charge in [0.25, 0.3) is 0 Å². The summed E-state index contributed by atoms with van der Waals surface area (Å²) in [6.45, 7) is 3.24. The van der Waals surface area contributed by atoms with Gasteiger partial charge in [-0.1, -0.05) is 78.9 Å². The number of para-hydroxylation sites is 1. The molecular weight excluding hydrogens is 394 g/mol. The van der Waals surface area contributed by atoms with E-state index < -0.39 is 0 Å². The normalized spacial score (nSPS) is 17.2. The molecule has 0 saturated carbocycles. The van der Waals surface area contributed by atoms with E-state index in [0.29, 0.717) is 0 Å². The zero-order valence-electron chi connectivity index (χ0n) is 18.3. The molecule has 1 fully saturated rings. The first-order chi connectivity index (χ1) is 15.8. The van der Waals surface area contributed by atoms with Gasteiger partial charge in [0, 0.05) is 43.3 Å². The van der Waals surface area contributed by atoms with E-state index in [0.717, 1.165) is 44.5 Å². The molecule has 4 nitrogen and oxygen atoms in total. The van der Waals surface area contributed by atoms with Crippen LogP contribution in [0.2, 0.25) is 0 Å². The van der Waals surface area contributed by atoms with Gasteiger partial charge in [-0.2, -0.15) is 0 Å². The van der Waals surface area contributed by atoms with Crippen LogP contribution in [0, 0.1) is 0 Å². The summed E-state index contributed by atoms with van der Waals surface area (Å²) in [7, 11) is 0. The highest BCUT2D eigenvalue weighted by molar-refractivity contribution is 5.86. The molecule has 1 aromatic heterocycles. The molecular formula is C28H29N3O. The molecule has 2 heterocycles. The fraction of sp³-hybridized carbons (Fsp3) is 0.250. The Morgan fingerprint density at radius 3 is 2.28 bits per heavy atom. The third-order valence-corrected chi connectivity index (χ3v) is 6.52. The lowest BCUT2D eigenvalue weighted by atomic mass is 9.99. The van der Waals surface area contributed by atoms with Gasteiger partial charge in [0.05, 0.1) is 6.04 Å². The van der Waals surface area contributed by atoms with Crippen molar-refractivity contribution in [2.24, 2.45) is 0 Å². The van der Waals surface area contributed by atoms with Crippen molar-refractivity contribution in [3.63, 3.8) is 0 Å². The molecule has 0 aliphatic carbocycles. The largest absolute Gasteiger partial charge is 0.361 e. The smallest absolute Gasteiger partial charge is 0.240 e. The summed E-state index contributed by atoms with van der Waals surface area (Å²) in [4.78, 5) is 21.5. The third-order valence-electron chi connectivity index (χ3n) is 6.52. The number of aromatic amines is 1. The van der Waals surface area contributed by atoms with E-state index in [1.807, 2.05) is 18.2 Å². The highest BCUT2D eigenvalue weighted by atomic mass is 16.2. The number of hydrogen-bond donors (Lipinski definition) is 1. The third kappa shape index (κ3) is 4.46. The molecule has 0 spiro atoms. The Morgan fingerprint density at radius 2 is 1.50 bits per heavy atom. The lowest BCUT2D eigenvalue weighted by Crippen LogP contribution is -2.57. The number of rotatable bonds is 7. The van der Waals surface area contributed by atoms with Crippen molar-refractivity contribution >= 4 is 16.8 Å². The van der Waals surface area contributed by atoms with Crippen molar-refractivity contribution in [2.45, 2.75) is 25.4 Å². The summed E-state index contributed by atoms with van der Waals surface area (Å²) < 4.78 is 0. The molecule has 0 radical (unpaired) electrons. The number of H-pyrrole nitrogens is 1. The predicted octanol–water partition coefficient (Wildman–Crippen LogP) is 4.67. The number of amides is 1. The highest BCUT2D eigenvalue weighted by Gasteiger charge is 2.35. The van der Waals surface area contributed by atoms with Crippen LogP contribution >= 0.6 is 0 Å². The second-order valence-corrected chi connectivity index (χ2v) is 8.60. The molecule has 4 heteroatoms. The Labute approximate surface area is 189 Å². The number of benzene rings is 3. The van der Waals surface area contributed by atoms with E-state index in [9.17, 15) is 4.79 Å². The van der Waals surface area contributed by atoms with Crippen LogP contribution < -0.4 is 0 Å². The number of nitrogens with zero attached hydrogens (tertiary/aromatic N) is 2. The minimum absolute atomic E-state index is 0.154. The van der Waals surface area contributed by atoms with Crippen LogP contribution in [0.5, 0.6) is 0 Å². The highest BCUT2D eigenvalue weighted by Crippen LogP contribution is 2.24. The number of nitrogens with one attached hydrogen (secondary N) is 1. The summed E-state index contributed by atoms with van der Waals surface area (Å²) in [6.07, 6.45) is 3.68. The second-order valence-electron chi connectivity index (χ2n) is 8.60. The molecule has 32 heavy (non-hydrogen) atoms. The lowest BCUT2D eigenvalue weighted by molar-refractivity contribution is -0.142. The molecule has 5 rings (SSSR count). The summed E-state index contributed by atoms with van der Waals surface area (Å²) >= 11 is 0. The van der Waals surface area contributed by atoms with E-state index in [1.54, 1.807) is 0 Å². The molecule has 1 aliphatic rings. The Morgan fingerprint density at radius 1 is 0.812 bits per heavy atom. The van der Waals surface area contributed by atoms with Gasteiger partial charge in [-0.3, -0.25) is 9.69 Å². The van der Waals surface area contributed by atoms with Crippen molar-refractivity contribution in [2.75, 3.05) is 19.6 Å². The van der Waals surface area contributed by atoms with Gasteiger partial charge in [-0.15, -0.1) is 0 Å². The molecule has 1 saturated heterocycles. The number of fused-ring (bicyclic) bond motifs is 1.